The number of benzene rings is 1. The Balaban J connectivity index is 2.14. The molecule has 0 fully saturated rings. The van der Waals surface area contributed by atoms with Crippen LogP contribution < -0.4 is 10.2 Å². The molecule has 2 nitrogen and oxygen atoms in total. The summed E-state index contributed by atoms with van der Waals surface area (Å²) in [7, 11) is 0. The monoisotopic (exact) mass is 260 g/mol. The molecule has 0 saturated carbocycles. The Labute approximate surface area is 118 Å². The van der Waals surface area contributed by atoms with E-state index in [0.717, 1.165) is 19.0 Å². The summed E-state index contributed by atoms with van der Waals surface area (Å²) in [6.07, 6.45) is 5.03. The Kier molecular flexibility index (Phi) is 5.12. The van der Waals surface area contributed by atoms with Gasteiger partial charge in [-0.2, -0.15) is 0 Å². The standard InChI is InChI=1S/C17H28N2/c1-4-14(5-2)13-19(6-3)16-9-10-17-15(12-16)8-7-11-18-17/h9-10,12,14,18H,4-8,11,13H2,1-3H3. The van der Waals surface area contributed by atoms with Crippen LogP contribution in [0.25, 0.3) is 0 Å². The molecule has 19 heavy (non-hydrogen) atoms. The first-order valence-corrected chi connectivity index (χ1v) is 7.90. The molecule has 0 bridgehead atoms. The quantitative estimate of drug-likeness (QED) is 0.820. The molecular formula is C17H28N2. The smallest absolute Gasteiger partial charge is 0.0374 e. The zero-order chi connectivity index (χ0) is 13.7. The Morgan fingerprint density at radius 2 is 2.00 bits per heavy atom. The number of hydrogen-bond donors (Lipinski definition) is 1. The highest BCUT2D eigenvalue weighted by Crippen LogP contribution is 2.28. The maximum Gasteiger partial charge on any atom is 0.0374 e. The van der Waals surface area contributed by atoms with E-state index >= 15 is 0 Å². The van der Waals surface area contributed by atoms with Crippen molar-refractivity contribution in [1.82, 2.24) is 0 Å². The minimum absolute atomic E-state index is 0.814. The average molecular weight is 260 g/mol. The lowest BCUT2D eigenvalue weighted by Gasteiger charge is -2.29. The zero-order valence-electron chi connectivity index (χ0n) is 12.7. The third kappa shape index (κ3) is 3.43. The van der Waals surface area contributed by atoms with Crippen LogP contribution in [0.4, 0.5) is 11.4 Å². The van der Waals surface area contributed by atoms with Crippen molar-refractivity contribution in [2.75, 3.05) is 29.9 Å². The first kappa shape index (κ1) is 14.2. The van der Waals surface area contributed by atoms with Gasteiger partial charge in [0.05, 0.1) is 0 Å². The second-order valence-corrected chi connectivity index (χ2v) is 5.59. The van der Waals surface area contributed by atoms with Crippen molar-refractivity contribution < 1.29 is 0 Å². The fourth-order valence-electron chi connectivity index (χ4n) is 2.93. The minimum atomic E-state index is 0.814. The summed E-state index contributed by atoms with van der Waals surface area (Å²) in [6.45, 7) is 10.3. The lowest BCUT2D eigenvalue weighted by molar-refractivity contribution is 0.486. The van der Waals surface area contributed by atoms with Gasteiger partial charge in [-0.05, 0) is 49.4 Å². The van der Waals surface area contributed by atoms with Gasteiger partial charge in [-0.25, -0.2) is 0 Å². The van der Waals surface area contributed by atoms with Gasteiger partial charge in [0, 0.05) is 31.0 Å². The molecule has 1 N–H and O–H groups in total. The molecule has 2 rings (SSSR count). The van der Waals surface area contributed by atoms with Crippen LogP contribution >= 0.6 is 0 Å². The van der Waals surface area contributed by atoms with Gasteiger partial charge in [0.1, 0.15) is 0 Å². The summed E-state index contributed by atoms with van der Waals surface area (Å²) < 4.78 is 0. The van der Waals surface area contributed by atoms with E-state index in [-0.39, 0.29) is 0 Å². The van der Waals surface area contributed by atoms with Gasteiger partial charge in [0.2, 0.25) is 0 Å². The molecule has 0 aliphatic carbocycles. The highest BCUT2D eigenvalue weighted by atomic mass is 15.1. The Hall–Kier alpha value is -1.18. The van der Waals surface area contributed by atoms with Crippen LogP contribution in [0, 0.1) is 5.92 Å². The normalized spacial score (nSPS) is 14.1. The molecule has 1 aromatic carbocycles. The molecule has 1 aliphatic heterocycles. The van der Waals surface area contributed by atoms with Gasteiger partial charge in [0.15, 0.2) is 0 Å². The maximum atomic E-state index is 3.49. The topological polar surface area (TPSA) is 15.3 Å². The summed E-state index contributed by atoms with van der Waals surface area (Å²) in [5.74, 6) is 0.814. The highest BCUT2D eigenvalue weighted by Gasteiger charge is 2.14. The number of nitrogens with one attached hydrogen (secondary N) is 1. The molecule has 1 aliphatic rings. The Morgan fingerprint density at radius 3 is 2.68 bits per heavy atom. The van der Waals surface area contributed by atoms with Crippen molar-refractivity contribution >= 4 is 11.4 Å². The average Bonchev–Trinajstić information content (AvgIpc) is 2.48. The van der Waals surface area contributed by atoms with Gasteiger partial charge in [0.25, 0.3) is 0 Å². The zero-order valence-corrected chi connectivity index (χ0v) is 12.7. The molecule has 0 aromatic heterocycles. The molecule has 2 heteroatoms. The van der Waals surface area contributed by atoms with E-state index in [4.69, 9.17) is 0 Å². The van der Waals surface area contributed by atoms with Crippen molar-refractivity contribution in [3.63, 3.8) is 0 Å². The van der Waals surface area contributed by atoms with Gasteiger partial charge in [-0.15, -0.1) is 0 Å². The van der Waals surface area contributed by atoms with Gasteiger partial charge in [-0.3, -0.25) is 0 Å². The van der Waals surface area contributed by atoms with Crippen LogP contribution in [0.1, 0.15) is 45.6 Å². The van der Waals surface area contributed by atoms with Crippen LogP contribution in [0.15, 0.2) is 18.2 Å². The van der Waals surface area contributed by atoms with E-state index in [0.29, 0.717) is 0 Å². The largest absolute Gasteiger partial charge is 0.385 e. The number of rotatable bonds is 6. The van der Waals surface area contributed by atoms with Crippen LogP contribution in [-0.2, 0) is 6.42 Å². The number of nitrogens with zero attached hydrogens (tertiary/aromatic N) is 1. The lowest BCUT2D eigenvalue weighted by atomic mass is 10.0. The minimum Gasteiger partial charge on any atom is -0.385 e. The third-order valence-corrected chi connectivity index (χ3v) is 4.41. The molecule has 106 valence electrons. The predicted molar refractivity (Wildman–Crippen MR) is 85.2 cm³/mol. The molecule has 0 unspecified atom stereocenters. The molecule has 0 atom stereocenters. The molecule has 1 aromatic rings. The van der Waals surface area contributed by atoms with Crippen molar-refractivity contribution in [2.45, 2.75) is 46.5 Å². The second-order valence-electron chi connectivity index (χ2n) is 5.59. The molecule has 1 heterocycles. The van der Waals surface area contributed by atoms with E-state index in [9.17, 15) is 0 Å². The van der Waals surface area contributed by atoms with Gasteiger partial charge >= 0.3 is 0 Å². The van der Waals surface area contributed by atoms with Crippen molar-refractivity contribution in [3.05, 3.63) is 23.8 Å². The summed E-state index contributed by atoms with van der Waals surface area (Å²) >= 11 is 0. The maximum absolute atomic E-state index is 3.49. The first-order chi connectivity index (χ1) is 9.28. The number of fused-ring (bicyclic) bond motifs is 1. The van der Waals surface area contributed by atoms with Crippen LogP contribution in [0.2, 0.25) is 0 Å². The molecule has 0 spiro atoms. The molecule has 0 amide bonds. The number of anilines is 2. The summed E-state index contributed by atoms with van der Waals surface area (Å²) in [4.78, 5) is 2.53. The van der Waals surface area contributed by atoms with Crippen LogP contribution in [-0.4, -0.2) is 19.6 Å². The summed E-state index contributed by atoms with van der Waals surface area (Å²) in [6, 6.07) is 6.94. The first-order valence-electron chi connectivity index (χ1n) is 7.90. The Morgan fingerprint density at radius 1 is 1.21 bits per heavy atom. The van der Waals surface area contributed by atoms with Gasteiger partial charge in [-0.1, -0.05) is 26.7 Å². The van der Waals surface area contributed by atoms with E-state index < -0.39 is 0 Å². The van der Waals surface area contributed by atoms with E-state index in [1.54, 1.807) is 0 Å². The molecule has 0 saturated heterocycles. The summed E-state index contributed by atoms with van der Waals surface area (Å²) in [5.41, 5.74) is 4.23. The SMILES string of the molecule is CCC(CC)CN(CC)c1ccc2c(c1)CCCN2. The highest BCUT2D eigenvalue weighted by molar-refractivity contribution is 5.61. The van der Waals surface area contributed by atoms with Gasteiger partial charge < -0.3 is 10.2 Å². The van der Waals surface area contributed by atoms with E-state index in [1.807, 2.05) is 0 Å². The third-order valence-electron chi connectivity index (χ3n) is 4.41. The second kappa shape index (κ2) is 6.83. The molecular weight excluding hydrogens is 232 g/mol. The lowest BCUT2D eigenvalue weighted by Crippen LogP contribution is -2.29. The fourth-order valence-corrected chi connectivity index (χ4v) is 2.93. The molecule has 0 radical (unpaired) electrons. The van der Waals surface area contributed by atoms with Crippen LogP contribution in [0.3, 0.4) is 0 Å². The van der Waals surface area contributed by atoms with Crippen LogP contribution in [0.5, 0.6) is 0 Å². The predicted octanol–water partition coefficient (Wildman–Crippen LogP) is 4.31. The number of hydrogen-bond acceptors (Lipinski definition) is 2. The number of aryl methyl sites for hydroxylation is 1. The van der Waals surface area contributed by atoms with Crippen molar-refractivity contribution in [2.24, 2.45) is 5.92 Å². The van der Waals surface area contributed by atoms with Crippen molar-refractivity contribution in [1.29, 1.82) is 0 Å². The Bertz CT molecular complexity index is 396. The van der Waals surface area contributed by atoms with E-state index in [1.165, 1.54) is 49.2 Å². The summed E-state index contributed by atoms with van der Waals surface area (Å²) in [5, 5.41) is 3.49. The fraction of sp³-hybridized carbons (Fsp3) is 0.647. The van der Waals surface area contributed by atoms with E-state index in [2.05, 4.69) is 49.2 Å². The van der Waals surface area contributed by atoms with Crippen molar-refractivity contribution in [3.8, 4) is 0 Å².